The molecule has 0 bridgehead atoms. The van der Waals surface area contributed by atoms with Crippen LogP contribution in [-0.4, -0.2) is 22.6 Å². The predicted octanol–water partition coefficient (Wildman–Crippen LogP) is 3.07. The smallest absolute Gasteiger partial charge is 0.261 e. The third-order valence-corrected chi connectivity index (χ3v) is 6.47. The van der Waals surface area contributed by atoms with Crippen LogP contribution in [0.2, 0.25) is 5.02 Å². The second kappa shape index (κ2) is 6.46. The molecule has 23 heavy (non-hydrogen) atoms. The first-order valence-corrected chi connectivity index (χ1v) is 9.98. The molecule has 0 heterocycles. The first-order chi connectivity index (χ1) is 10.7. The number of anilines is 1. The fraction of sp³-hybridized carbons (Fsp3) is 0.143. The van der Waals surface area contributed by atoms with E-state index in [1.165, 1.54) is 31.2 Å². The van der Waals surface area contributed by atoms with Gasteiger partial charge in [-0.25, -0.2) is 21.2 Å². The van der Waals surface area contributed by atoms with Gasteiger partial charge in [-0.2, -0.15) is 0 Å². The standard InChI is InChI=1S/C14H13ClFNO4S2/c1-2-22(18,19)11-5-3-10(4-6-11)17-23(20,21)12-7-8-14(16)13(15)9-12/h3-9,17H,2H2,1H3. The number of halogens is 2. The van der Waals surface area contributed by atoms with Crippen LogP contribution in [0.5, 0.6) is 0 Å². The van der Waals surface area contributed by atoms with E-state index in [4.69, 9.17) is 11.6 Å². The normalized spacial score (nSPS) is 12.1. The van der Waals surface area contributed by atoms with E-state index in [0.717, 1.165) is 18.2 Å². The number of benzene rings is 2. The average molecular weight is 378 g/mol. The predicted molar refractivity (Wildman–Crippen MR) is 86.4 cm³/mol. The van der Waals surface area contributed by atoms with Crippen molar-refractivity contribution in [2.24, 2.45) is 0 Å². The van der Waals surface area contributed by atoms with Gasteiger partial charge >= 0.3 is 0 Å². The second-order valence-electron chi connectivity index (χ2n) is 4.61. The lowest BCUT2D eigenvalue weighted by Crippen LogP contribution is -2.13. The number of sulfonamides is 1. The summed E-state index contributed by atoms with van der Waals surface area (Å²) in [5.74, 6) is -0.772. The molecule has 124 valence electrons. The fourth-order valence-corrected chi connectivity index (χ4v) is 3.97. The molecule has 2 aromatic rings. The molecule has 0 atom stereocenters. The number of rotatable bonds is 5. The Hall–Kier alpha value is -1.64. The molecule has 0 aromatic heterocycles. The molecule has 0 saturated heterocycles. The van der Waals surface area contributed by atoms with Gasteiger partial charge in [0.05, 0.1) is 20.6 Å². The van der Waals surface area contributed by atoms with Crippen molar-refractivity contribution in [3.8, 4) is 0 Å². The van der Waals surface area contributed by atoms with Gasteiger partial charge in [-0.15, -0.1) is 0 Å². The van der Waals surface area contributed by atoms with Gasteiger partial charge in [-0.3, -0.25) is 4.72 Å². The molecular weight excluding hydrogens is 365 g/mol. The number of hydrogen-bond donors (Lipinski definition) is 1. The first-order valence-electron chi connectivity index (χ1n) is 6.46. The Morgan fingerprint density at radius 2 is 1.57 bits per heavy atom. The molecule has 0 aliphatic heterocycles. The highest BCUT2D eigenvalue weighted by atomic mass is 35.5. The van der Waals surface area contributed by atoms with E-state index in [1.54, 1.807) is 0 Å². The maximum Gasteiger partial charge on any atom is 0.261 e. The molecule has 2 aromatic carbocycles. The van der Waals surface area contributed by atoms with E-state index >= 15 is 0 Å². The average Bonchev–Trinajstić information content (AvgIpc) is 2.50. The van der Waals surface area contributed by atoms with Gasteiger partial charge in [0.25, 0.3) is 10.0 Å². The van der Waals surface area contributed by atoms with Crippen LogP contribution in [0, 0.1) is 5.82 Å². The lowest BCUT2D eigenvalue weighted by atomic mass is 10.3. The van der Waals surface area contributed by atoms with Gasteiger partial charge in [0, 0.05) is 5.69 Å². The van der Waals surface area contributed by atoms with Crippen molar-refractivity contribution in [1.29, 1.82) is 0 Å². The quantitative estimate of drug-likeness (QED) is 0.868. The molecule has 0 spiro atoms. The molecule has 0 aliphatic carbocycles. The first kappa shape index (κ1) is 17.7. The molecule has 5 nitrogen and oxygen atoms in total. The molecule has 0 fully saturated rings. The third-order valence-electron chi connectivity index (χ3n) is 3.05. The van der Waals surface area contributed by atoms with Crippen LogP contribution >= 0.6 is 11.6 Å². The fourth-order valence-electron chi connectivity index (χ4n) is 1.76. The van der Waals surface area contributed by atoms with Crippen molar-refractivity contribution in [3.05, 3.63) is 53.3 Å². The van der Waals surface area contributed by atoms with Crippen molar-refractivity contribution >= 4 is 37.1 Å². The van der Waals surface area contributed by atoms with Crippen LogP contribution in [0.25, 0.3) is 0 Å². The van der Waals surface area contributed by atoms with Crippen molar-refractivity contribution in [3.63, 3.8) is 0 Å². The van der Waals surface area contributed by atoms with Crippen LogP contribution in [0.15, 0.2) is 52.3 Å². The molecule has 9 heteroatoms. The van der Waals surface area contributed by atoms with E-state index < -0.39 is 25.7 Å². The lowest BCUT2D eigenvalue weighted by molar-refractivity contribution is 0.596. The highest BCUT2D eigenvalue weighted by Crippen LogP contribution is 2.22. The largest absolute Gasteiger partial charge is 0.280 e. The highest BCUT2D eigenvalue weighted by molar-refractivity contribution is 7.92. The number of nitrogens with one attached hydrogen (secondary N) is 1. The van der Waals surface area contributed by atoms with Crippen LogP contribution in [0.1, 0.15) is 6.92 Å². The molecule has 2 rings (SSSR count). The molecule has 0 saturated carbocycles. The van der Waals surface area contributed by atoms with Gasteiger partial charge in [0.1, 0.15) is 5.82 Å². The van der Waals surface area contributed by atoms with E-state index in [2.05, 4.69) is 4.72 Å². The summed E-state index contributed by atoms with van der Waals surface area (Å²) in [5, 5.41) is -0.308. The Balaban J connectivity index is 2.29. The minimum absolute atomic E-state index is 0.0495. The second-order valence-corrected chi connectivity index (χ2v) is 8.98. The molecule has 0 aliphatic rings. The molecule has 0 radical (unpaired) electrons. The van der Waals surface area contributed by atoms with Gasteiger partial charge in [0.2, 0.25) is 0 Å². The van der Waals surface area contributed by atoms with Crippen molar-refractivity contribution < 1.29 is 21.2 Å². The van der Waals surface area contributed by atoms with Crippen molar-refractivity contribution in [1.82, 2.24) is 0 Å². The summed E-state index contributed by atoms with van der Waals surface area (Å²) in [4.78, 5) is -0.0954. The minimum Gasteiger partial charge on any atom is -0.280 e. The SMILES string of the molecule is CCS(=O)(=O)c1ccc(NS(=O)(=O)c2ccc(F)c(Cl)c2)cc1. The molecular formula is C14H13ClFNO4S2. The summed E-state index contributed by atoms with van der Waals surface area (Å²) in [7, 11) is -7.31. The maximum atomic E-state index is 13.1. The molecule has 0 amide bonds. The number of hydrogen-bond acceptors (Lipinski definition) is 4. The van der Waals surface area contributed by atoms with Crippen LogP contribution in [-0.2, 0) is 19.9 Å². The van der Waals surface area contributed by atoms with Crippen LogP contribution < -0.4 is 4.72 Å². The Morgan fingerprint density at radius 1 is 1.00 bits per heavy atom. The topological polar surface area (TPSA) is 80.3 Å². The maximum absolute atomic E-state index is 13.1. The van der Waals surface area contributed by atoms with Crippen LogP contribution in [0.3, 0.4) is 0 Å². The zero-order valence-electron chi connectivity index (χ0n) is 12.0. The van der Waals surface area contributed by atoms with E-state index in [0.29, 0.717) is 0 Å². The third kappa shape index (κ3) is 4.01. The Kier molecular flexibility index (Phi) is 4.98. The lowest BCUT2D eigenvalue weighted by Gasteiger charge is -2.09. The summed E-state index contributed by atoms with van der Waals surface area (Å²) >= 11 is 5.58. The van der Waals surface area contributed by atoms with E-state index in [1.807, 2.05) is 0 Å². The van der Waals surface area contributed by atoms with Crippen molar-refractivity contribution in [2.45, 2.75) is 16.7 Å². The Bertz CT molecular complexity index is 926. The Labute approximate surface area is 139 Å². The highest BCUT2D eigenvalue weighted by Gasteiger charge is 2.17. The van der Waals surface area contributed by atoms with E-state index in [9.17, 15) is 21.2 Å². The summed E-state index contributed by atoms with van der Waals surface area (Å²) in [6, 6.07) is 8.33. The summed E-state index contributed by atoms with van der Waals surface area (Å²) in [6.07, 6.45) is 0. The molecule has 1 N–H and O–H groups in total. The van der Waals surface area contributed by atoms with Crippen LogP contribution in [0.4, 0.5) is 10.1 Å². The zero-order chi connectivity index (χ0) is 17.3. The van der Waals surface area contributed by atoms with Gasteiger partial charge in [-0.1, -0.05) is 18.5 Å². The zero-order valence-corrected chi connectivity index (χ0v) is 14.3. The summed E-state index contributed by atoms with van der Waals surface area (Å²) in [6.45, 7) is 1.52. The Morgan fingerprint density at radius 3 is 2.09 bits per heavy atom. The van der Waals surface area contributed by atoms with Gasteiger partial charge in [0.15, 0.2) is 9.84 Å². The monoisotopic (exact) mass is 377 g/mol. The van der Waals surface area contributed by atoms with Crippen molar-refractivity contribution in [2.75, 3.05) is 10.5 Å². The van der Waals surface area contributed by atoms with Gasteiger partial charge < -0.3 is 0 Å². The summed E-state index contributed by atoms with van der Waals surface area (Å²) in [5.41, 5.74) is 0.181. The minimum atomic E-state index is -3.96. The summed E-state index contributed by atoms with van der Waals surface area (Å²) < 4.78 is 63.2. The molecule has 0 unspecified atom stereocenters. The van der Waals surface area contributed by atoms with Gasteiger partial charge in [-0.05, 0) is 42.5 Å². The van der Waals surface area contributed by atoms with E-state index in [-0.39, 0.29) is 26.3 Å². The number of sulfone groups is 1.